The first-order valence-electron chi connectivity index (χ1n) is 6.29. The zero-order chi connectivity index (χ0) is 10.8. The van der Waals surface area contributed by atoms with Gasteiger partial charge in [-0.3, -0.25) is 0 Å². The number of furan rings is 1. The van der Waals surface area contributed by atoms with Crippen LogP contribution in [0.5, 0.6) is 0 Å². The number of ether oxygens (including phenoxy) is 1. The molecule has 0 atom stereocenters. The zero-order valence-electron chi connectivity index (χ0n) is 9.58. The average molecular weight is 221 g/mol. The van der Waals surface area contributed by atoms with Crippen molar-refractivity contribution in [1.29, 1.82) is 0 Å². The Labute approximate surface area is 96.2 Å². The quantitative estimate of drug-likeness (QED) is 0.768. The van der Waals surface area contributed by atoms with Gasteiger partial charge >= 0.3 is 0 Å². The zero-order valence-corrected chi connectivity index (χ0v) is 9.58. The van der Waals surface area contributed by atoms with Crippen molar-refractivity contribution in [1.82, 2.24) is 5.32 Å². The van der Waals surface area contributed by atoms with Gasteiger partial charge < -0.3 is 14.5 Å². The maximum atomic E-state index is 5.68. The lowest BCUT2D eigenvalue weighted by Crippen LogP contribution is -2.14. The third-order valence-corrected chi connectivity index (χ3v) is 3.15. The van der Waals surface area contributed by atoms with Crippen LogP contribution in [0.4, 0.5) is 0 Å². The molecule has 0 aromatic carbocycles. The van der Waals surface area contributed by atoms with E-state index in [4.69, 9.17) is 9.15 Å². The van der Waals surface area contributed by atoms with Crippen molar-refractivity contribution in [3.8, 4) is 0 Å². The summed E-state index contributed by atoms with van der Waals surface area (Å²) in [5.74, 6) is 2.80. The lowest BCUT2D eigenvalue weighted by Gasteiger charge is -2.00. The van der Waals surface area contributed by atoms with Crippen molar-refractivity contribution in [3.05, 3.63) is 23.7 Å². The highest BCUT2D eigenvalue weighted by Crippen LogP contribution is 2.29. The van der Waals surface area contributed by atoms with Crippen LogP contribution in [0.1, 0.15) is 37.2 Å². The lowest BCUT2D eigenvalue weighted by molar-refractivity contribution is 0.0963. The van der Waals surface area contributed by atoms with Gasteiger partial charge in [-0.05, 0) is 43.7 Å². The molecule has 3 nitrogen and oxygen atoms in total. The standard InChI is InChI=1S/C13H19NO2/c1-2-10(1)8-15-9-13-6-5-12(16-13)7-14-11-3-4-11/h5-6,10-11,14H,1-4,7-9H2. The van der Waals surface area contributed by atoms with E-state index in [1.165, 1.54) is 25.7 Å². The summed E-state index contributed by atoms with van der Waals surface area (Å²) in [4.78, 5) is 0. The molecule has 0 aliphatic heterocycles. The van der Waals surface area contributed by atoms with Gasteiger partial charge in [0.15, 0.2) is 0 Å². The van der Waals surface area contributed by atoms with Crippen molar-refractivity contribution in [2.45, 2.75) is 44.9 Å². The second kappa shape index (κ2) is 4.60. The first-order valence-corrected chi connectivity index (χ1v) is 6.29. The molecule has 0 saturated heterocycles. The first-order chi connectivity index (χ1) is 7.90. The van der Waals surface area contributed by atoms with Crippen molar-refractivity contribution >= 4 is 0 Å². The molecule has 3 rings (SSSR count). The van der Waals surface area contributed by atoms with Crippen LogP contribution in [0.2, 0.25) is 0 Å². The molecule has 0 unspecified atom stereocenters. The van der Waals surface area contributed by atoms with Gasteiger partial charge in [-0.1, -0.05) is 0 Å². The second-order valence-electron chi connectivity index (χ2n) is 4.98. The second-order valence-corrected chi connectivity index (χ2v) is 4.98. The van der Waals surface area contributed by atoms with Gasteiger partial charge in [0.1, 0.15) is 18.1 Å². The third-order valence-electron chi connectivity index (χ3n) is 3.15. The molecule has 1 N–H and O–H groups in total. The van der Waals surface area contributed by atoms with Crippen LogP contribution in [0.25, 0.3) is 0 Å². The van der Waals surface area contributed by atoms with E-state index in [1.807, 2.05) is 12.1 Å². The number of rotatable bonds is 7. The smallest absolute Gasteiger partial charge is 0.129 e. The van der Waals surface area contributed by atoms with Crippen LogP contribution >= 0.6 is 0 Å². The molecule has 3 heteroatoms. The van der Waals surface area contributed by atoms with Crippen molar-refractivity contribution in [2.24, 2.45) is 5.92 Å². The predicted octanol–water partition coefficient (Wildman–Crippen LogP) is 2.46. The molecule has 2 fully saturated rings. The highest BCUT2D eigenvalue weighted by molar-refractivity contribution is 5.06. The molecule has 0 spiro atoms. The van der Waals surface area contributed by atoms with Gasteiger partial charge in [-0.25, -0.2) is 0 Å². The van der Waals surface area contributed by atoms with Crippen molar-refractivity contribution < 1.29 is 9.15 Å². The van der Waals surface area contributed by atoms with E-state index in [-0.39, 0.29) is 0 Å². The van der Waals surface area contributed by atoms with E-state index in [1.54, 1.807) is 0 Å². The molecule has 1 aromatic rings. The van der Waals surface area contributed by atoms with Gasteiger partial charge in [0.05, 0.1) is 6.54 Å². The molecule has 1 aromatic heterocycles. The molecule has 1 heterocycles. The third kappa shape index (κ3) is 3.09. The lowest BCUT2D eigenvalue weighted by atomic mass is 10.4. The Morgan fingerprint density at radius 3 is 2.75 bits per heavy atom. The first kappa shape index (κ1) is 10.4. The molecule has 88 valence electrons. The van der Waals surface area contributed by atoms with E-state index in [2.05, 4.69) is 5.32 Å². The Balaban J connectivity index is 1.39. The summed E-state index contributed by atoms with van der Waals surface area (Å²) < 4.78 is 11.3. The fourth-order valence-electron chi connectivity index (χ4n) is 1.74. The topological polar surface area (TPSA) is 34.4 Å². The maximum Gasteiger partial charge on any atom is 0.129 e. The number of hydrogen-bond donors (Lipinski definition) is 1. The molecule has 2 saturated carbocycles. The van der Waals surface area contributed by atoms with Crippen LogP contribution in [-0.4, -0.2) is 12.6 Å². The molecule has 2 aliphatic carbocycles. The SMILES string of the molecule is c1cc(COCC2CC2)oc1CNC1CC1. The summed E-state index contributed by atoms with van der Waals surface area (Å²) in [6.45, 7) is 2.38. The minimum atomic E-state index is 0.625. The molecule has 0 bridgehead atoms. The van der Waals surface area contributed by atoms with Gasteiger partial charge in [0, 0.05) is 12.6 Å². The molecular weight excluding hydrogens is 202 g/mol. The van der Waals surface area contributed by atoms with Gasteiger partial charge in [-0.15, -0.1) is 0 Å². The Kier molecular flexibility index (Phi) is 2.98. The minimum absolute atomic E-state index is 0.625. The number of hydrogen-bond acceptors (Lipinski definition) is 3. The summed E-state index contributed by atoms with van der Waals surface area (Å²) in [5.41, 5.74) is 0. The minimum Gasteiger partial charge on any atom is -0.462 e. The highest BCUT2D eigenvalue weighted by Gasteiger charge is 2.22. The Morgan fingerprint density at radius 2 is 2.00 bits per heavy atom. The molecular formula is C13H19NO2. The van der Waals surface area contributed by atoms with E-state index in [0.717, 1.165) is 36.6 Å². The highest BCUT2D eigenvalue weighted by atomic mass is 16.5. The summed E-state index contributed by atoms with van der Waals surface area (Å²) in [7, 11) is 0. The fraction of sp³-hybridized carbons (Fsp3) is 0.692. The largest absolute Gasteiger partial charge is 0.462 e. The van der Waals surface area contributed by atoms with Crippen LogP contribution < -0.4 is 5.32 Å². The predicted molar refractivity (Wildman–Crippen MR) is 60.9 cm³/mol. The molecule has 0 amide bonds. The van der Waals surface area contributed by atoms with Crippen LogP contribution in [-0.2, 0) is 17.9 Å². The average Bonchev–Trinajstić information content (AvgIpc) is 3.18. The summed E-state index contributed by atoms with van der Waals surface area (Å²) in [6.07, 6.45) is 5.32. The summed E-state index contributed by atoms with van der Waals surface area (Å²) in [5, 5.41) is 3.44. The number of nitrogens with one attached hydrogen (secondary N) is 1. The van der Waals surface area contributed by atoms with E-state index < -0.39 is 0 Å². The van der Waals surface area contributed by atoms with Crippen LogP contribution in [0.15, 0.2) is 16.5 Å². The van der Waals surface area contributed by atoms with Gasteiger partial charge in [-0.2, -0.15) is 0 Å². The monoisotopic (exact) mass is 221 g/mol. The van der Waals surface area contributed by atoms with Crippen LogP contribution in [0.3, 0.4) is 0 Å². The Hall–Kier alpha value is -0.800. The normalized spacial score (nSPS) is 20.2. The molecule has 2 aliphatic rings. The maximum absolute atomic E-state index is 5.68. The van der Waals surface area contributed by atoms with Crippen molar-refractivity contribution in [2.75, 3.05) is 6.61 Å². The van der Waals surface area contributed by atoms with Crippen molar-refractivity contribution in [3.63, 3.8) is 0 Å². The van der Waals surface area contributed by atoms with Crippen LogP contribution in [0, 0.1) is 5.92 Å². The Bertz CT molecular complexity index is 339. The van der Waals surface area contributed by atoms with E-state index in [9.17, 15) is 0 Å². The fourth-order valence-corrected chi connectivity index (χ4v) is 1.74. The summed E-state index contributed by atoms with van der Waals surface area (Å²) >= 11 is 0. The van der Waals surface area contributed by atoms with E-state index in [0.29, 0.717) is 6.61 Å². The molecule has 16 heavy (non-hydrogen) atoms. The van der Waals surface area contributed by atoms with Gasteiger partial charge in [0.25, 0.3) is 0 Å². The summed E-state index contributed by atoms with van der Waals surface area (Å²) in [6, 6.07) is 4.81. The Morgan fingerprint density at radius 1 is 1.19 bits per heavy atom. The van der Waals surface area contributed by atoms with E-state index >= 15 is 0 Å². The molecule has 0 radical (unpaired) electrons. The van der Waals surface area contributed by atoms with Gasteiger partial charge in [0.2, 0.25) is 0 Å².